The van der Waals surface area contributed by atoms with Crippen molar-refractivity contribution in [1.82, 2.24) is 5.32 Å². The summed E-state index contributed by atoms with van der Waals surface area (Å²) in [5, 5.41) is 2.83. The average molecular weight is 372 g/mol. The van der Waals surface area contributed by atoms with Crippen LogP contribution in [0.25, 0.3) is 0 Å². The van der Waals surface area contributed by atoms with E-state index in [1.54, 1.807) is 0 Å². The first-order valence-corrected chi connectivity index (χ1v) is 9.95. The quantitative estimate of drug-likeness (QED) is 0.782. The fourth-order valence-corrected chi connectivity index (χ4v) is 4.33. The van der Waals surface area contributed by atoms with Crippen LogP contribution in [-0.4, -0.2) is 25.0 Å². The molecule has 5 heteroatoms. The number of esters is 1. The zero-order chi connectivity index (χ0) is 18.5. The second-order valence-corrected chi connectivity index (χ2v) is 8.24. The fraction of sp³-hybridized carbons (Fsp3) is 0.429. The van der Waals surface area contributed by atoms with E-state index >= 15 is 0 Å². The van der Waals surface area contributed by atoms with E-state index in [-0.39, 0.29) is 18.4 Å². The molecule has 138 valence electrons. The highest BCUT2D eigenvalue weighted by Gasteiger charge is 2.21. The fourth-order valence-electron chi connectivity index (χ4n) is 3.23. The van der Waals surface area contributed by atoms with Crippen molar-refractivity contribution in [3.05, 3.63) is 57.3 Å². The molecule has 1 N–H and O–H groups in total. The van der Waals surface area contributed by atoms with E-state index in [0.29, 0.717) is 17.3 Å². The molecule has 0 radical (unpaired) electrons. The van der Waals surface area contributed by atoms with Crippen molar-refractivity contribution in [3.63, 3.8) is 0 Å². The number of nitrogens with one attached hydrogen (secondary N) is 1. The maximum atomic E-state index is 12.2. The molecule has 1 amide bonds. The van der Waals surface area contributed by atoms with Crippen LogP contribution in [0.15, 0.2) is 36.4 Å². The first kappa shape index (κ1) is 18.6. The van der Waals surface area contributed by atoms with Crippen molar-refractivity contribution >= 4 is 23.2 Å². The lowest BCUT2D eigenvalue weighted by molar-refractivity contribution is -0.124. The van der Waals surface area contributed by atoms with Crippen LogP contribution < -0.4 is 5.32 Å². The van der Waals surface area contributed by atoms with Crippen LogP contribution in [-0.2, 0) is 22.4 Å². The molecule has 0 fully saturated rings. The monoisotopic (exact) mass is 371 g/mol. The van der Waals surface area contributed by atoms with Gasteiger partial charge >= 0.3 is 5.97 Å². The maximum absolute atomic E-state index is 12.2. The Balaban J connectivity index is 1.45. The SMILES string of the molecule is C[C@@H]1CCc2sc(C(=O)OCC(=O)NC[C@H](C)c3ccccc3)cc2C1. The number of aryl methyl sites for hydroxylation is 1. The molecular formula is C21H25NO3S. The second kappa shape index (κ2) is 8.49. The molecule has 0 saturated heterocycles. The minimum absolute atomic E-state index is 0.210. The smallest absolute Gasteiger partial charge is 0.348 e. The number of amides is 1. The summed E-state index contributed by atoms with van der Waals surface area (Å²) in [7, 11) is 0. The second-order valence-electron chi connectivity index (χ2n) is 7.10. The molecule has 1 aromatic carbocycles. The lowest BCUT2D eigenvalue weighted by atomic mass is 9.90. The molecule has 0 unspecified atom stereocenters. The normalized spacial score (nSPS) is 17.2. The van der Waals surface area contributed by atoms with E-state index in [1.807, 2.05) is 36.4 Å². The maximum Gasteiger partial charge on any atom is 0.348 e. The highest BCUT2D eigenvalue weighted by atomic mass is 32.1. The summed E-state index contributed by atoms with van der Waals surface area (Å²) >= 11 is 1.51. The van der Waals surface area contributed by atoms with Crippen LogP contribution in [0.5, 0.6) is 0 Å². The molecule has 1 aromatic heterocycles. The van der Waals surface area contributed by atoms with Crippen molar-refractivity contribution in [2.24, 2.45) is 5.92 Å². The van der Waals surface area contributed by atoms with Crippen molar-refractivity contribution in [3.8, 4) is 0 Å². The van der Waals surface area contributed by atoms with Crippen molar-refractivity contribution in [1.29, 1.82) is 0 Å². The zero-order valence-corrected chi connectivity index (χ0v) is 16.1. The summed E-state index contributed by atoms with van der Waals surface area (Å²) in [6.45, 7) is 4.57. The summed E-state index contributed by atoms with van der Waals surface area (Å²) in [6.07, 6.45) is 3.23. The van der Waals surface area contributed by atoms with Gasteiger partial charge in [-0.05, 0) is 48.3 Å². The Morgan fingerprint density at radius 1 is 1.31 bits per heavy atom. The van der Waals surface area contributed by atoms with Gasteiger partial charge in [0.05, 0.1) is 0 Å². The number of thiophene rings is 1. The molecule has 26 heavy (non-hydrogen) atoms. The number of fused-ring (bicyclic) bond motifs is 1. The molecule has 1 aliphatic carbocycles. The van der Waals surface area contributed by atoms with Gasteiger partial charge in [-0.15, -0.1) is 11.3 Å². The van der Waals surface area contributed by atoms with Gasteiger partial charge in [0.2, 0.25) is 0 Å². The Morgan fingerprint density at radius 2 is 2.08 bits per heavy atom. The molecule has 2 atom stereocenters. The van der Waals surface area contributed by atoms with E-state index < -0.39 is 5.97 Å². The summed E-state index contributed by atoms with van der Waals surface area (Å²) in [5.41, 5.74) is 2.44. The van der Waals surface area contributed by atoms with Gasteiger partial charge in [-0.25, -0.2) is 4.79 Å². The number of ether oxygens (including phenoxy) is 1. The topological polar surface area (TPSA) is 55.4 Å². The Morgan fingerprint density at radius 3 is 2.85 bits per heavy atom. The standard InChI is InChI=1S/C21H25NO3S/c1-14-8-9-18-17(10-14)11-19(26-18)21(24)25-13-20(23)22-12-15(2)16-6-4-3-5-7-16/h3-7,11,14-15H,8-10,12-13H2,1-2H3,(H,22,23)/t14-,15+/m1/s1. The van der Waals surface area contributed by atoms with Crippen LogP contribution in [0.3, 0.4) is 0 Å². The molecule has 1 heterocycles. The summed E-state index contributed by atoms with van der Waals surface area (Å²) in [5.74, 6) is 0.208. The number of carbonyl (C=O) groups is 2. The Hall–Kier alpha value is -2.14. The molecule has 1 aliphatic rings. The molecule has 0 saturated carbocycles. The van der Waals surface area contributed by atoms with Gasteiger partial charge in [0.1, 0.15) is 4.88 Å². The summed E-state index contributed by atoms with van der Waals surface area (Å²) in [4.78, 5) is 26.1. The molecule has 4 nitrogen and oxygen atoms in total. The van der Waals surface area contributed by atoms with Gasteiger partial charge in [-0.1, -0.05) is 44.2 Å². The molecule has 0 bridgehead atoms. The van der Waals surface area contributed by atoms with Crippen LogP contribution in [0.4, 0.5) is 0 Å². The number of hydrogen-bond donors (Lipinski definition) is 1. The van der Waals surface area contributed by atoms with Gasteiger partial charge < -0.3 is 10.1 Å². The van der Waals surface area contributed by atoms with Crippen molar-refractivity contribution in [2.75, 3.05) is 13.2 Å². The van der Waals surface area contributed by atoms with Gasteiger partial charge in [0.15, 0.2) is 6.61 Å². The number of benzene rings is 1. The molecular weight excluding hydrogens is 346 g/mol. The van der Waals surface area contributed by atoms with Gasteiger partial charge in [0, 0.05) is 11.4 Å². The third kappa shape index (κ3) is 4.73. The van der Waals surface area contributed by atoms with E-state index in [9.17, 15) is 9.59 Å². The van der Waals surface area contributed by atoms with E-state index in [0.717, 1.165) is 12.8 Å². The summed E-state index contributed by atoms with van der Waals surface area (Å²) < 4.78 is 5.19. The van der Waals surface area contributed by atoms with E-state index in [1.165, 1.54) is 33.8 Å². The predicted octanol–water partition coefficient (Wildman–Crippen LogP) is 3.95. The van der Waals surface area contributed by atoms with Gasteiger partial charge in [-0.2, -0.15) is 0 Å². The van der Waals surface area contributed by atoms with Crippen LogP contribution in [0.1, 0.15) is 51.9 Å². The van der Waals surface area contributed by atoms with Crippen LogP contribution >= 0.6 is 11.3 Å². The van der Waals surface area contributed by atoms with Crippen LogP contribution in [0, 0.1) is 5.92 Å². The highest BCUT2D eigenvalue weighted by molar-refractivity contribution is 7.14. The Kier molecular flexibility index (Phi) is 6.09. The zero-order valence-electron chi connectivity index (χ0n) is 15.3. The van der Waals surface area contributed by atoms with Gasteiger partial charge in [-0.3, -0.25) is 4.79 Å². The number of rotatable bonds is 6. The molecule has 2 aromatic rings. The van der Waals surface area contributed by atoms with E-state index in [4.69, 9.17) is 4.74 Å². The Labute approximate surface area is 158 Å². The first-order chi connectivity index (χ1) is 12.5. The van der Waals surface area contributed by atoms with Crippen LogP contribution in [0.2, 0.25) is 0 Å². The number of hydrogen-bond acceptors (Lipinski definition) is 4. The predicted molar refractivity (Wildman–Crippen MR) is 104 cm³/mol. The van der Waals surface area contributed by atoms with E-state index in [2.05, 4.69) is 19.2 Å². The van der Waals surface area contributed by atoms with Crippen molar-refractivity contribution < 1.29 is 14.3 Å². The lowest BCUT2D eigenvalue weighted by Crippen LogP contribution is -2.31. The van der Waals surface area contributed by atoms with Crippen molar-refractivity contribution in [2.45, 2.75) is 39.0 Å². The Bertz CT molecular complexity index is 769. The lowest BCUT2D eigenvalue weighted by Gasteiger charge is -2.16. The average Bonchev–Trinajstić information content (AvgIpc) is 3.08. The highest BCUT2D eigenvalue weighted by Crippen LogP contribution is 2.32. The minimum Gasteiger partial charge on any atom is -0.451 e. The van der Waals surface area contributed by atoms with Gasteiger partial charge in [0.25, 0.3) is 5.91 Å². The molecule has 3 rings (SSSR count). The first-order valence-electron chi connectivity index (χ1n) is 9.13. The molecule has 0 spiro atoms. The number of carbonyl (C=O) groups excluding carboxylic acids is 2. The minimum atomic E-state index is -0.400. The molecule has 0 aliphatic heterocycles. The third-order valence-corrected chi connectivity index (χ3v) is 6.06. The third-order valence-electron chi connectivity index (χ3n) is 4.84. The largest absolute Gasteiger partial charge is 0.451 e. The summed E-state index contributed by atoms with van der Waals surface area (Å²) in [6, 6.07) is 11.9.